The Morgan fingerprint density at radius 2 is 1.45 bits per heavy atom. The van der Waals surface area contributed by atoms with Crippen molar-refractivity contribution < 1.29 is 29.3 Å². The van der Waals surface area contributed by atoms with Crippen molar-refractivity contribution in [3.8, 4) is 11.5 Å². The molecule has 4 N–H and O–H groups in total. The Bertz CT molecular complexity index is 1600. The molecule has 0 bridgehead atoms. The van der Waals surface area contributed by atoms with E-state index in [2.05, 4.69) is 10.6 Å². The first-order valence-electron chi connectivity index (χ1n) is 14.6. The fraction of sp³-hybridized carbons (Fsp3) is 0.286. The lowest BCUT2D eigenvalue weighted by Crippen LogP contribution is -2.53. The lowest BCUT2D eigenvalue weighted by molar-refractivity contribution is -0.140. The summed E-state index contributed by atoms with van der Waals surface area (Å²) in [5.74, 6) is -0.847. The SMILES string of the molecule is CCCN(C(=O)C(Cc1ccc(O)cc1)NC(=O)OC(C)(C)C)C(C(=O)Nc1ccc2ccccc2c1)c1ccc(O)cc1. The predicted octanol–water partition coefficient (Wildman–Crippen LogP) is 6.31. The topological polar surface area (TPSA) is 128 Å². The van der Waals surface area contributed by atoms with Gasteiger partial charge in [-0.15, -0.1) is 0 Å². The molecule has 0 radical (unpaired) electrons. The van der Waals surface area contributed by atoms with Gasteiger partial charge < -0.3 is 30.5 Å². The predicted molar refractivity (Wildman–Crippen MR) is 170 cm³/mol. The molecule has 9 heteroatoms. The molecule has 3 amide bonds. The summed E-state index contributed by atoms with van der Waals surface area (Å²) in [4.78, 5) is 42.8. The maximum atomic E-state index is 14.4. The number of benzene rings is 4. The van der Waals surface area contributed by atoms with Crippen LogP contribution in [-0.2, 0) is 20.7 Å². The number of rotatable bonds is 10. The maximum Gasteiger partial charge on any atom is 0.408 e. The number of phenols is 2. The number of carbonyl (C=O) groups excluding carboxylic acids is 3. The van der Waals surface area contributed by atoms with Crippen LogP contribution >= 0.6 is 0 Å². The summed E-state index contributed by atoms with van der Waals surface area (Å²) in [6.07, 6.45) is -0.150. The number of nitrogens with one attached hydrogen (secondary N) is 2. The third-order valence-electron chi connectivity index (χ3n) is 6.90. The minimum absolute atomic E-state index is 0.0209. The van der Waals surface area contributed by atoms with Crippen LogP contribution in [0.3, 0.4) is 0 Å². The van der Waals surface area contributed by atoms with E-state index in [0.717, 1.165) is 10.8 Å². The maximum absolute atomic E-state index is 14.4. The van der Waals surface area contributed by atoms with Gasteiger partial charge in [-0.1, -0.05) is 61.5 Å². The number of hydrogen-bond acceptors (Lipinski definition) is 6. The molecule has 2 unspecified atom stereocenters. The molecular formula is C35H39N3O6. The Kier molecular flexibility index (Phi) is 10.1. The van der Waals surface area contributed by atoms with Gasteiger partial charge in [-0.3, -0.25) is 9.59 Å². The van der Waals surface area contributed by atoms with Gasteiger partial charge in [-0.05, 0) is 85.5 Å². The molecule has 230 valence electrons. The van der Waals surface area contributed by atoms with Gasteiger partial charge in [0.15, 0.2) is 0 Å². The molecule has 0 heterocycles. The van der Waals surface area contributed by atoms with Crippen molar-refractivity contribution in [1.82, 2.24) is 10.2 Å². The molecule has 4 rings (SSSR count). The molecule has 4 aromatic rings. The number of nitrogens with zero attached hydrogens (tertiary/aromatic N) is 1. The fourth-order valence-electron chi connectivity index (χ4n) is 4.93. The molecule has 0 saturated heterocycles. The summed E-state index contributed by atoms with van der Waals surface area (Å²) in [6, 6.07) is 23.7. The standard InChI is InChI=1S/C35H39N3O6/c1-5-20-38(33(42)30(37-34(43)44-35(2,3)4)21-23-10-16-28(39)17-11-23)31(25-13-18-29(40)19-14-25)32(41)36-27-15-12-24-8-6-7-9-26(24)22-27/h6-19,22,30-31,39-40H,5,20-21H2,1-4H3,(H,36,41)(H,37,43). The van der Waals surface area contributed by atoms with Crippen LogP contribution in [0.4, 0.5) is 10.5 Å². The summed E-state index contributed by atoms with van der Waals surface area (Å²) in [6.45, 7) is 7.28. The molecular weight excluding hydrogens is 558 g/mol. The van der Waals surface area contributed by atoms with Gasteiger partial charge in [-0.2, -0.15) is 0 Å². The molecule has 0 aliphatic heterocycles. The van der Waals surface area contributed by atoms with E-state index in [1.807, 2.05) is 43.3 Å². The smallest absolute Gasteiger partial charge is 0.408 e. The van der Waals surface area contributed by atoms with Crippen molar-refractivity contribution in [2.45, 2.75) is 58.2 Å². The fourth-order valence-corrected chi connectivity index (χ4v) is 4.93. The van der Waals surface area contributed by atoms with Gasteiger partial charge in [0.05, 0.1) is 0 Å². The minimum Gasteiger partial charge on any atom is -0.508 e. The Balaban J connectivity index is 1.72. The molecule has 0 spiro atoms. The molecule has 0 aromatic heterocycles. The molecule has 0 fully saturated rings. The van der Waals surface area contributed by atoms with Gasteiger partial charge in [0.1, 0.15) is 29.2 Å². The lowest BCUT2D eigenvalue weighted by atomic mass is 9.99. The number of ether oxygens (including phenoxy) is 1. The largest absolute Gasteiger partial charge is 0.508 e. The quantitative estimate of drug-likeness (QED) is 0.170. The Hall–Kier alpha value is -5.05. The number of anilines is 1. The van der Waals surface area contributed by atoms with Gasteiger partial charge >= 0.3 is 6.09 Å². The van der Waals surface area contributed by atoms with Crippen molar-refractivity contribution in [2.75, 3.05) is 11.9 Å². The average Bonchev–Trinajstić information content (AvgIpc) is 2.97. The van der Waals surface area contributed by atoms with Gasteiger partial charge in [0.2, 0.25) is 5.91 Å². The van der Waals surface area contributed by atoms with Crippen LogP contribution in [0.5, 0.6) is 11.5 Å². The molecule has 0 aliphatic carbocycles. The van der Waals surface area contributed by atoms with Crippen LogP contribution in [-0.4, -0.2) is 51.2 Å². The summed E-state index contributed by atoms with van der Waals surface area (Å²) < 4.78 is 5.47. The monoisotopic (exact) mass is 597 g/mol. The first-order valence-corrected chi connectivity index (χ1v) is 14.6. The first-order chi connectivity index (χ1) is 20.9. The third-order valence-corrected chi connectivity index (χ3v) is 6.90. The van der Waals surface area contributed by atoms with Crippen LogP contribution in [0.2, 0.25) is 0 Å². The van der Waals surface area contributed by atoms with Crippen molar-refractivity contribution in [3.05, 3.63) is 102 Å². The van der Waals surface area contributed by atoms with Gasteiger partial charge in [0.25, 0.3) is 5.91 Å². The van der Waals surface area contributed by atoms with Gasteiger partial charge in [0, 0.05) is 18.7 Å². The summed E-state index contributed by atoms with van der Waals surface area (Å²) in [5.41, 5.74) is 0.945. The molecule has 44 heavy (non-hydrogen) atoms. The van der Waals surface area contributed by atoms with Crippen LogP contribution in [0.25, 0.3) is 10.8 Å². The zero-order valence-corrected chi connectivity index (χ0v) is 25.4. The minimum atomic E-state index is -1.09. The highest BCUT2D eigenvalue weighted by Gasteiger charge is 2.36. The second-order valence-corrected chi connectivity index (χ2v) is 11.6. The second-order valence-electron chi connectivity index (χ2n) is 11.6. The highest BCUT2D eigenvalue weighted by Crippen LogP contribution is 2.28. The van der Waals surface area contributed by atoms with E-state index in [9.17, 15) is 24.6 Å². The van der Waals surface area contributed by atoms with Gasteiger partial charge in [-0.25, -0.2) is 4.79 Å². The highest BCUT2D eigenvalue weighted by atomic mass is 16.6. The molecule has 2 atom stereocenters. The van der Waals surface area contributed by atoms with E-state index >= 15 is 0 Å². The number of alkyl carbamates (subject to hydrolysis) is 1. The van der Waals surface area contributed by atoms with Crippen molar-refractivity contribution in [1.29, 1.82) is 0 Å². The van der Waals surface area contributed by atoms with E-state index in [1.165, 1.54) is 29.2 Å². The summed E-state index contributed by atoms with van der Waals surface area (Å²) in [7, 11) is 0. The van der Waals surface area contributed by atoms with E-state index in [4.69, 9.17) is 4.74 Å². The van der Waals surface area contributed by atoms with Crippen molar-refractivity contribution in [2.24, 2.45) is 0 Å². The van der Waals surface area contributed by atoms with Crippen LogP contribution in [0.1, 0.15) is 51.3 Å². The van der Waals surface area contributed by atoms with Crippen LogP contribution in [0, 0.1) is 0 Å². The second kappa shape index (κ2) is 13.9. The van der Waals surface area contributed by atoms with Crippen molar-refractivity contribution in [3.63, 3.8) is 0 Å². The van der Waals surface area contributed by atoms with E-state index < -0.39 is 35.6 Å². The number of fused-ring (bicyclic) bond motifs is 1. The number of phenolic OH excluding ortho intramolecular Hbond substituents is 2. The summed E-state index contributed by atoms with van der Waals surface area (Å²) in [5, 5.41) is 27.4. The van der Waals surface area contributed by atoms with Crippen LogP contribution < -0.4 is 10.6 Å². The molecule has 0 saturated carbocycles. The average molecular weight is 598 g/mol. The molecule has 4 aromatic carbocycles. The summed E-state index contributed by atoms with van der Waals surface area (Å²) >= 11 is 0. The third kappa shape index (κ3) is 8.50. The Morgan fingerprint density at radius 3 is 2.07 bits per heavy atom. The number of amides is 3. The highest BCUT2D eigenvalue weighted by molar-refractivity contribution is 6.00. The Labute approximate surface area is 257 Å². The van der Waals surface area contributed by atoms with E-state index in [0.29, 0.717) is 23.2 Å². The zero-order chi connectivity index (χ0) is 31.9. The zero-order valence-electron chi connectivity index (χ0n) is 25.4. The number of carbonyl (C=O) groups is 3. The molecule has 9 nitrogen and oxygen atoms in total. The van der Waals surface area contributed by atoms with E-state index in [-0.39, 0.29) is 24.5 Å². The van der Waals surface area contributed by atoms with E-state index in [1.54, 1.807) is 51.1 Å². The Morgan fingerprint density at radius 1 is 0.841 bits per heavy atom. The first kappa shape index (κ1) is 31.9. The normalized spacial score (nSPS) is 12.6. The van der Waals surface area contributed by atoms with Crippen molar-refractivity contribution >= 4 is 34.4 Å². The number of aromatic hydroxyl groups is 2. The molecule has 0 aliphatic rings. The number of hydrogen-bond donors (Lipinski definition) is 4. The lowest BCUT2D eigenvalue weighted by Gasteiger charge is -2.34. The van der Waals surface area contributed by atoms with Crippen LogP contribution in [0.15, 0.2) is 91.0 Å².